The van der Waals surface area contributed by atoms with Crippen LogP contribution in [0.1, 0.15) is 0 Å². The Morgan fingerprint density at radius 2 is 2.40 bits per heavy atom. The SMILES string of the molecule is C#CCN1C=CC=CC1N. The van der Waals surface area contributed by atoms with Crippen LogP contribution in [0.25, 0.3) is 0 Å². The minimum atomic E-state index is -0.0546. The maximum atomic E-state index is 5.66. The number of hydrogen-bond donors (Lipinski definition) is 1. The molecule has 2 N–H and O–H groups in total. The number of nitrogens with zero attached hydrogens (tertiary/aromatic N) is 1. The Labute approximate surface area is 61.0 Å². The van der Waals surface area contributed by atoms with Crippen LogP contribution < -0.4 is 5.73 Å². The summed E-state index contributed by atoms with van der Waals surface area (Å²) in [6.45, 7) is 0.571. The van der Waals surface area contributed by atoms with Crippen molar-refractivity contribution in [3.05, 3.63) is 24.4 Å². The van der Waals surface area contributed by atoms with Crippen LogP contribution in [0.5, 0.6) is 0 Å². The number of nitrogens with two attached hydrogens (primary N) is 1. The van der Waals surface area contributed by atoms with Crippen LogP contribution in [0.2, 0.25) is 0 Å². The summed E-state index contributed by atoms with van der Waals surface area (Å²) in [7, 11) is 0. The lowest BCUT2D eigenvalue weighted by Crippen LogP contribution is -2.37. The van der Waals surface area contributed by atoms with E-state index < -0.39 is 0 Å². The van der Waals surface area contributed by atoms with Gasteiger partial charge in [0.25, 0.3) is 0 Å². The molecule has 0 amide bonds. The third-order valence-electron chi connectivity index (χ3n) is 1.35. The van der Waals surface area contributed by atoms with Crippen molar-refractivity contribution in [3.63, 3.8) is 0 Å². The molecule has 0 aromatic heterocycles. The lowest BCUT2D eigenvalue weighted by Gasteiger charge is -2.24. The molecule has 0 aromatic rings. The summed E-state index contributed by atoms with van der Waals surface area (Å²) in [6, 6.07) is 0. The predicted octanol–water partition coefficient (Wildman–Crippen LogP) is 0.290. The van der Waals surface area contributed by atoms with E-state index in [9.17, 15) is 0 Å². The number of hydrogen-bond acceptors (Lipinski definition) is 2. The Bertz CT molecular complexity index is 198. The predicted molar refractivity (Wildman–Crippen MR) is 41.8 cm³/mol. The molecule has 10 heavy (non-hydrogen) atoms. The van der Waals surface area contributed by atoms with Gasteiger partial charge in [-0.15, -0.1) is 6.42 Å². The second-order valence-corrected chi connectivity index (χ2v) is 2.09. The minimum absolute atomic E-state index is 0.0546. The van der Waals surface area contributed by atoms with Gasteiger partial charge in [0, 0.05) is 6.20 Å². The van der Waals surface area contributed by atoms with Gasteiger partial charge in [-0.1, -0.05) is 12.0 Å². The molecular formula is C8H10N2. The van der Waals surface area contributed by atoms with Crippen molar-refractivity contribution in [2.24, 2.45) is 5.73 Å². The molecule has 1 unspecified atom stereocenters. The normalized spacial score (nSPS) is 22.8. The van der Waals surface area contributed by atoms with Gasteiger partial charge >= 0.3 is 0 Å². The van der Waals surface area contributed by atoms with Crippen LogP contribution in [-0.2, 0) is 0 Å². The molecule has 2 nitrogen and oxygen atoms in total. The zero-order valence-electron chi connectivity index (χ0n) is 5.70. The molecule has 0 aromatic carbocycles. The van der Waals surface area contributed by atoms with Crippen molar-refractivity contribution in [2.45, 2.75) is 6.17 Å². The smallest absolute Gasteiger partial charge is 0.0968 e. The van der Waals surface area contributed by atoms with Crippen LogP contribution in [-0.4, -0.2) is 17.6 Å². The van der Waals surface area contributed by atoms with Gasteiger partial charge in [-0.25, -0.2) is 0 Å². The van der Waals surface area contributed by atoms with Gasteiger partial charge < -0.3 is 10.6 Å². The fourth-order valence-electron chi connectivity index (χ4n) is 0.812. The van der Waals surface area contributed by atoms with E-state index in [1.807, 2.05) is 29.3 Å². The van der Waals surface area contributed by atoms with Crippen LogP contribution in [0.4, 0.5) is 0 Å². The second kappa shape index (κ2) is 3.09. The Hall–Kier alpha value is -1.20. The van der Waals surface area contributed by atoms with E-state index in [0.717, 1.165) is 0 Å². The molecule has 0 bridgehead atoms. The first kappa shape index (κ1) is 6.91. The van der Waals surface area contributed by atoms with E-state index in [1.54, 1.807) is 0 Å². The van der Waals surface area contributed by atoms with E-state index in [-0.39, 0.29) is 6.17 Å². The highest BCUT2D eigenvalue weighted by Crippen LogP contribution is 2.01. The summed E-state index contributed by atoms with van der Waals surface area (Å²) in [6.07, 6.45) is 12.7. The zero-order chi connectivity index (χ0) is 7.40. The molecular weight excluding hydrogens is 124 g/mol. The molecule has 52 valence electrons. The fraction of sp³-hybridized carbons (Fsp3) is 0.250. The van der Waals surface area contributed by atoms with Crippen molar-refractivity contribution in [1.29, 1.82) is 0 Å². The Balaban J connectivity index is 2.54. The molecule has 0 aliphatic carbocycles. The summed E-state index contributed by atoms with van der Waals surface area (Å²) in [5, 5.41) is 0. The van der Waals surface area contributed by atoms with Gasteiger partial charge in [-0.3, -0.25) is 0 Å². The molecule has 2 heteroatoms. The molecule has 0 saturated carbocycles. The van der Waals surface area contributed by atoms with Gasteiger partial charge in [-0.05, 0) is 12.2 Å². The molecule has 0 spiro atoms. The highest BCUT2D eigenvalue weighted by molar-refractivity contribution is 5.13. The summed E-state index contributed by atoms with van der Waals surface area (Å²) in [5.74, 6) is 2.53. The fourth-order valence-corrected chi connectivity index (χ4v) is 0.812. The Kier molecular flexibility index (Phi) is 2.14. The van der Waals surface area contributed by atoms with E-state index in [1.165, 1.54) is 0 Å². The average Bonchev–Trinajstić information content (AvgIpc) is 1.94. The maximum Gasteiger partial charge on any atom is 0.0968 e. The molecule has 1 rings (SSSR count). The third-order valence-corrected chi connectivity index (χ3v) is 1.35. The summed E-state index contributed by atoms with van der Waals surface area (Å²) < 4.78 is 0. The lowest BCUT2D eigenvalue weighted by atomic mass is 10.3. The van der Waals surface area contributed by atoms with Gasteiger partial charge in [0.1, 0.15) is 0 Å². The van der Waals surface area contributed by atoms with Crippen molar-refractivity contribution < 1.29 is 0 Å². The van der Waals surface area contributed by atoms with Crippen molar-refractivity contribution >= 4 is 0 Å². The van der Waals surface area contributed by atoms with Crippen molar-refractivity contribution in [3.8, 4) is 12.3 Å². The molecule has 0 fully saturated rings. The lowest BCUT2D eigenvalue weighted by molar-refractivity contribution is 0.359. The van der Waals surface area contributed by atoms with Crippen LogP contribution in [0, 0.1) is 12.3 Å². The zero-order valence-corrected chi connectivity index (χ0v) is 5.70. The van der Waals surface area contributed by atoms with Crippen molar-refractivity contribution in [1.82, 2.24) is 4.90 Å². The van der Waals surface area contributed by atoms with Gasteiger partial charge in [0.2, 0.25) is 0 Å². The minimum Gasteiger partial charge on any atom is -0.348 e. The second-order valence-electron chi connectivity index (χ2n) is 2.09. The molecule has 0 saturated heterocycles. The highest BCUT2D eigenvalue weighted by atomic mass is 15.2. The summed E-state index contributed by atoms with van der Waals surface area (Å²) >= 11 is 0. The Morgan fingerprint density at radius 1 is 1.60 bits per heavy atom. The molecule has 1 atom stereocenters. The molecule has 1 heterocycles. The van der Waals surface area contributed by atoms with Crippen LogP contribution >= 0.6 is 0 Å². The van der Waals surface area contributed by atoms with Gasteiger partial charge in [-0.2, -0.15) is 0 Å². The highest BCUT2D eigenvalue weighted by Gasteiger charge is 2.05. The van der Waals surface area contributed by atoms with E-state index in [0.29, 0.717) is 6.54 Å². The first-order chi connectivity index (χ1) is 4.84. The van der Waals surface area contributed by atoms with Crippen molar-refractivity contribution in [2.75, 3.05) is 6.54 Å². The maximum absolute atomic E-state index is 5.66. The van der Waals surface area contributed by atoms with Gasteiger partial charge in [0.05, 0.1) is 12.7 Å². The van der Waals surface area contributed by atoms with E-state index in [4.69, 9.17) is 12.2 Å². The Morgan fingerprint density at radius 3 is 3.00 bits per heavy atom. The molecule has 0 radical (unpaired) electrons. The molecule has 1 aliphatic rings. The third kappa shape index (κ3) is 1.40. The standard InChI is InChI=1S/C8H10N2/c1-2-6-10-7-4-3-5-8(10)9/h1,3-5,7-8H,6,9H2. The van der Waals surface area contributed by atoms with Crippen LogP contribution in [0.15, 0.2) is 24.4 Å². The summed E-state index contributed by atoms with van der Waals surface area (Å²) in [4.78, 5) is 1.89. The molecule has 1 aliphatic heterocycles. The number of allylic oxidation sites excluding steroid dienone is 2. The van der Waals surface area contributed by atoms with E-state index >= 15 is 0 Å². The average molecular weight is 134 g/mol. The topological polar surface area (TPSA) is 29.3 Å². The largest absolute Gasteiger partial charge is 0.348 e. The quantitative estimate of drug-likeness (QED) is 0.522. The monoisotopic (exact) mass is 134 g/mol. The first-order valence-electron chi connectivity index (χ1n) is 3.14. The van der Waals surface area contributed by atoms with E-state index in [2.05, 4.69) is 5.92 Å². The van der Waals surface area contributed by atoms with Crippen LogP contribution in [0.3, 0.4) is 0 Å². The number of terminal acetylenes is 1. The number of rotatable bonds is 1. The first-order valence-corrected chi connectivity index (χ1v) is 3.14. The van der Waals surface area contributed by atoms with Gasteiger partial charge in [0.15, 0.2) is 0 Å². The summed E-state index contributed by atoms with van der Waals surface area (Å²) in [5.41, 5.74) is 5.66.